The Morgan fingerprint density at radius 2 is 1.90 bits per heavy atom. The van der Waals surface area contributed by atoms with E-state index in [1.807, 2.05) is 6.92 Å². The predicted octanol–water partition coefficient (Wildman–Crippen LogP) is 4.71. The van der Waals surface area contributed by atoms with Crippen molar-refractivity contribution in [2.24, 2.45) is 0 Å². The van der Waals surface area contributed by atoms with E-state index in [2.05, 4.69) is 0 Å². The minimum atomic E-state index is -0.803. The molecule has 1 atom stereocenters. The van der Waals surface area contributed by atoms with Crippen molar-refractivity contribution in [2.45, 2.75) is 25.8 Å². The van der Waals surface area contributed by atoms with Gasteiger partial charge in [-0.15, -0.1) is 0 Å². The zero-order chi connectivity index (χ0) is 21.1. The highest BCUT2D eigenvalue weighted by Gasteiger charge is 2.45. The van der Waals surface area contributed by atoms with Crippen LogP contribution in [0.5, 0.6) is 5.75 Å². The SMILES string of the molecule is CCCCN1C(=O)C(=O)/C(=C(\O)c2ccc(OC)c(Cl)c2)C1c1ccc(F)cc1. The maximum Gasteiger partial charge on any atom is 0.295 e. The third-order valence-electron chi connectivity index (χ3n) is 4.90. The molecule has 1 fully saturated rings. The number of ketones is 1. The van der Waals surface area contributed by atoms with Gasteiger partial charge in [0.25, 0.3) is 11.7 Å². The number of aliphatic hydroxyl groups excluding tert-OH is 1. The number of likely N-dealkylation sites (tertiary alicyclic amines) is 1. The molecule has 1 N–H and O–H groups in total. The van der Waals surface area contributed by atoms with Crippen molar-refractivity contribution in [1.82, 2.24) is 4.90 Å². The van der Waals surface area contributed by atoms with Crippen LogP contribution in [-0.2, 0) is 9.59 Å². The first-order valence-corrected chi connectivity index (χ1v) is 9.64. The van der Waals surface area contributed by atoms with Crippen LogP contribution in [-0.4, -0.2) is 35.4 Å². The lowest BCUT2D eigenvalue weighted by Crippen LogP contribution is -2.30. The summed E-state index contributed by atoms with van der Waals surface area (Å²) in [6.07, 6.45) is 1.52. The second kappa shape index (κ2) is 8.66. The van der Waals surface area contributed by atoms with Crippen LogP contribution >= 0.6 is 11.6 Å². The van der Waals surface area contributed by atoms with Crippen LogP contribution < -0.4 is 4.74 Å². The molecule has 2 aromatic carbocycles. The highest BCUT2D eigenvalue weighted by Crippen LogP contribution is 2.40. The molecule has 152 valence electrons. The second-order valence-electron chi connectivity index (χ2n) is 6.75. The molecule has 0 aliphatic carbocycles. The molecular formula is C22H21ClFNO4. The summed E-state index contributed by atoms with van der Waals surface area (Å²) in [6, 6.07) is 9.34. The first-order chi connectivity index (χ1) is 13.9. The lowest BCUT2D eigenvalue weighted by Gasteiger charge is -2.25. The topological polar surface area (TPSA) is 66.8 Å². The molecule has 0 saturated carbocycles. The van der Waals surface area contributed by atoms with Crippen molar-refractivity contribution in [3.63, 3.8) is 0 Å². The monoisotopic (exact) mass is 417 g/mol. The van der Waals surface area contributed by atoms with E-state index in [-0.39, 0.29) is 21.9 Å². The number of amides is 1. The first kappa shape index (κ1) is 20.9. The molecule has 2 aromatic rings. The number of aliphatic hydroxyl groups is 1. The van der Waals surface area contributed by atoms with Crippen molar-refractivity contribution in [3.05, 3.63) is 70.0 Å². The van der Waals surface area contributed by atoms with E-state index in [0.717, 1.165) is 6.42 Å². The number of nitrogens with zero attached hydrogens (tertiary/aromatic N) is 1. The van der Waals surface area contributed by atoms with Gasteiger partial charge in [0.2, 0.25) is 0 Å². The highest BCUT2D eigenvalue weighted by molar-refractivity contribution is 6.46. The van der Waals surface area contributed by atoms with Crippen LogP contribution in [0.15, 0.2) is 48.0 Å². The number of benzene rings is 2. The summed E-state index contributed by atoms with van der Waals surface area (Å²) in [5.74, 6) is -1.81. The van der Waals surface area contributed by atoms with Crippen LogP contribution in [0.4, 0.5) is 4.39 Å². The molecule has 1 aliphatic heterocycles. The Hall–Kier alpha value is -2.86. The normalized spacial score (nSPS) is 18.3. The minimum Gasteiger partial charge on any atom is -0.507 e. The molecule has 1 unspecified atom stereocenters. The summed E-state index contributed by atoms with van der Waals surface area (Å²) in [4.78, 5) is 26.9. The summed E-state index contributed by atoms with van der Waals surface area (Å²) in [6.45, 7) is 2.33. The average Bonchev–Trinajstić information content (AvgIpc) is 2.96. The van der Waals surface area contributed by atoms with E-state index in [0.29, 0.717) is 24.3 Å². The number of unbranched alkanes of at least 4 members (excludes halogenated alkanes) is 1. The Kier molecular flexibility index (Phi) is 6.23. The molecular weight excluding hydrogens is 397 g/mol. The third-order valence-corrected chi connectivity index (χ3v) is 5.20. The Labute approximate surface area is 173 Å². The Morgan fingerprint density at radius 1 is 1.21 bits per heavy atom. The Bertz CT molecular complexity index is 971. The van der Waals surface area contributed by atoms with Gasteiger partial charge in [0, 0.05) is 12.1 Å². The lowest BCUT2D eigenvalue weighted by molar-refractivity contribution is -0.139. The van der Waals surface area contributed by atoms with Gasteiger partial charge in [-0.3, -0.25) is 9.59 Å². The average molecular weight is 418 g/mol. The van der Waals surface area contributed by atoms with E-state index in [9.17, 15) is 19.1 Å². The number of Topliss-reactive ketones (excluding diaryl/α,β-unsaturated/α-hetero) is 1. The number of hydrogen-bond donors (Lipinski definition) is 1. The molecule has 1 heterocycles. The number of methoxy groups -OCH3 is 1. The van der Waals surface area contributed by atoms with Gasteiger partial charge in [-0.25, -0.2) is 4.39 Å². The fraction of sp³-hybridized carbons (Fsp3) is 0.273. The van der Waals surface area contributed by atoms with Crippen LogP contribution in [0.25, 0.3) is 5.76 Å². The van der Waals surface area contributed by atoms with Crippen molar-refractivity contribution >= 4 is 29.1 Å². The van der Waals surface area contributed by atoms with Gasteiger partial charge in [0.15, 0.2) is 0 Å². The standard InChI is InChI=1S/C22H21ClFNO4/c1-3-4-11-25-19(13-5-8-15(24)9-6-13)18(21(27)22(25)28)20(26)14-7-10-17(29-2)16(23)12-14/h5-10,12,19,26H,3-4,11H2,1-2H3/b20-18-. The maximum absolute atomic E-state index is 13.4. The zero-order valence-electron chi connectivity index (χ0n) is 16.1. The number of carbonyl (C=O) groups is 2. The van der Waals surface area contributed by atoms with Crippen molar-refractivity contribution in [1.29, 1.82) is 0 Å². The Balaban J connectivity index is 2.15. The molecule has 29 heavy (non-hydrogen) atoms. The number of halogens is 2. The molecule has 1 aliphatic rings. The molecule has 0 radical (unpaired) electrons. The first-order valence-electron chi connectivity index (χ1n) is 9.26. The van der Waals surface area contributed by atoms with Gasteiger partial charge in [-0.05, 0) is 42.3 Å². The molecule has 0 aromatic heterocycles. The van der Waals surface area contributed by atoms with Gasteiger partial charge >= 0.3 is 0 Å². The van der Waals surface area contributed by atoms with Gasteiger partial charge in [-0.1, -0.05) is 37.1 Å². The number of ether oxygens (including phenoxy) is 1. The molecule has 1 amide bonds. The van der Waals surface area contributed by atoms with Crippen molar-refractivity contribution in [3.8, 4) is 5.75 Å². The third kappa shape index (κ3) is 3.98. The van der Waals surface area contributed by atoms with E-state index in [1.54, 1.807) is 12.1 Å². The summed E-state index contributed by atoms with van der Waals surface area (Å²) >= 11 is 6.15. The summed E-state index contributed by atoms with van der Waals surface area (Å²) in [5, 5.41) is 11.2. The second-order valence-corrected chi connectivity index (χ2v) is 7.15. The van der Waals surface area contributed by atoms with Crippen molar-refractivity contribution in [2.75, 3.05) is 13.7 Å². The van der Waals surface area contributed by atoms with E-state index in [4.69, 9.17) is 16.3 Å². The number of carbonyl (C=O) groups excluding carboxylic acids is 2. The van der Waals surface area contributed by atoms with Gasteiger partial charge in [0.1, 0.15) is 17.3 Å². The lowest BCUT2D eigenvalue weighted by atomic mass is 9.95. The highest BCUT2D eigenvalue weighted by atomic mass is 35.5. The van der Waals surface area contributed by atoms with Crippen LogP contribution in [0, 0.1) is 5.82 Å². The van der Waals surface area contributed by atoms with E-state index < -0.39 is 23.5 Å². The molecule has 7 heteroatoms. The number of hydrogen-bond acceptors (Lipinski definition) is 4. The number of rotatable bonds is 6. The Morgan fingerprint density at radius 3 is 2.48 bits per heavy atom. The molecule has 0 spiro atoms. The smallest absolute Gasteiger partial charge is 0.295 e. The molecule has 3 rings (SSSR count). The van der Waals surface area contributed by atoms with Crippen molar-refractivity contribution < 1.29 is 23.8 Å². The van der Waals surface area contributed by atoms with Crippen LogP contribution in [0.1, 0.15) is 36.9 Å². The maximum atomic E-state index is 13.4. The molecule has 5 nitrogen and oxygen atoms in total. The largest absolute Gasteiger partial charge is 0.507 e. The molecule has 0 bridgehead atoms. The molecule has 1 saturated heterocycles. The van der Waals surface area contributed by atoms with E-state index in [1.165, 1.54) is 42.3 Å². The zero-order valence-corrected chi connectivity index (χ0v) is 16.9. The fourth-order valence-electron chi connectivity index (χ4n) is 3.40. The summed E-state index contributed by atoms with van der Waals surface area (Å²) in [5.41, 5.74) is 0.790. The summed E-state index contributed by atoms with van der Waals surface area (Å²) in [7, 11) is 1.47. The van der Waals surface area contributed by atoms with Gasteiger partial charge in [-0.2, -0.15) is 0 Å². The fourth-order valence-corrected chi connectivity index (χ4v) is 3.66. The quantitative estimate of drug-likeness (QED) is 0.420. The van der Waals surface area contributed by atoms with Gasteiger partial charge < -0.3 is 14.7 Å². The van der Waals surface area contributed by atoms with Crippen LogP contribution in [0.3, 0.4) is 0 Å². The predicted molar refractivity (Wildman–Crippen MR) is 108 cm³/mol. The van der Waals surface area contributed by atoms with E-state index >= 15 is 0 Å². The minimum absolute atomic E-state index is 0.0426. The summed E-state index contributed by atoms with van der Waals surface area (Å²) < 4.78 is 18.5. The van der Waals surface area contributed by atoms with Crippen LogP contribution in [0.2, 0.25) is 5.02 Å². The van der Waals surface area contributed by atoms with Gasteiger partial charge in [0.05, 0.1) is 23.7 Å².